The third kappa shape index (κ3) is 1.67. The van der Waals surface area contributed by atoms with Crippen LogP contribution in [-0.4, -0.2) is 17.4 Å². The summed E-state index contributed by atoms with van der Waals surface area (Å²) in [6.45, 7) is 0. The van der Waals surface area contributed by atoms with Crippen molar-refractivity contribution in [1.82, 2.24) is 0 Å². The van der Waals surface area contributed by atoms with Crippen LogP contribution in [0.1, 0.15) is 0 Å². The highest BCUT2D eigenvalue weighted by Gasteiger charge is 2.90. The van der Waals surface area contributed by atoms with Gasteiger partial charge in [0.2, 0.25) is 17.4 Å². The molecule has 0 N–H and O–H groups in total. The molecule has 1 saturated heterocycles. The van der Waals surface area contributed by atoms with Crippen LogP contribution in [-0.2, 0) is 0 Å². The second-order valence-corrected chi connectivity index (χ2v) is 107. The van der Waals surface area contributed by atoms with Crippen molar-refractivity contribution in [2.75, 3.05) is 0 Å². The average molecular weight is 752 g/mol. The van der Waals surface area contributed by atoms with Gasteiger partial charge in [-0.15, -0.1) is 122 Å². The van der Waals surface area contributed by atoms with Crippen LogP contribution in [0.3, 0.4) is 0 Å². The lowest BCUT2D eigenvalue weighted by Gasteiger charge is -2.58. The van der Waals surface area contributed by atoms with Gasteiger partial charge in [0.15, 0.2) is 0 Å². The van der Waals surface area contributed by atoms with Crippen molar-refractivity contribution in [3.05, 3.63) is 0 Å². The Labute approximate surface area is 137 Å². The summed E-state index contributed by atoms with van der Waals surface area (Å²) in [5.74, 6) is 0. The molecule has 0 nitrogen and oxygen atoms in total. The van der Waals surface area contributed by atoms with Gasteiger partial charge in [-0.2, -0.15) is 0 Å². The van der Waals surface area contributed by atoms with Gasteiger partial charge in [-0.25, -0.2) is 0 Å². The monoisotopic (exact) mass is 743 g/mol. The first-order chi connectivity index (χ1) is 5.00. The lowest BCUT2D eigenvalue weighted by atomic mass is 26.0. The van der Waals surface area contributed by atoms with E-state index in [2.05, 4.69) is 122 Å². The highest BCUT2D eigenvalue weighted by atomic mass is 80.0. The molecule has 1 aliphatic rings. The second kappa shape index (κ2) is 4.12. The zero-order valence-corrected chi connectivity index (χ0v) is 21.7. The van der Waals surface area contributed by atoms with E-state index in [0.29, 0.717) is 0 Å². The summed E-state index contributed by atoms with van der Waals surface area (Å²) in [5, 5.41) is 0. The van der Waals surface area contributed by atoms with Crippen molar-refractivity contribution in [3.8, 4) is 0 Å². The van der Waals surface area contributed by atoms with Gasteiger partial charge in [0, 0.05) is 0 Å². The molecule has 1 rings (SSSR count). The molecule has 0 aliphatic carbocycles. The molecule has 0 spiro atoms. The van der Waals surface area contributed by atoms with Crippen LogP contribution in [0.25, 0.3) is 0 Å². The Balaban J connectivity index is 3.16. The lowest BCUT2D eigenvalue weighted by Crippen LogP contribution is -2.91. The summed E-state index contributed by atoms with van der Waals surface area (Å²) in [6.07, 6.45) is 0. The van der Waals surface area contributed by atoms with Crippen molar-refractivity contribution in [2.45, 2.75) is 0 Å². The molecule has 1 aliphatic heterocycles. The molecule has 0 saturated carbocycles. The highest BCUT2D eigenvalue weighted by Crippen LogP contribution is 2.71. The summed E-state index contributed by atoms with van der Waals surface area (Å²) in [6, 6.07) is 0. The molecule has 1 heterocycles. The van der Waals surface area contributed by atoms with E-state index >= 15 is 0 Å². The van der Waals surface area contributed by atoms with Crippen LogP contribution in [0.15, 0.2) is 0 Å². The molecule has 0 aromatic heterocycles. The molecule has 0 unspecified atom stereocenters. The van der Waals surface area contributed by atoms with Gasteiger partial charge in [-0.3, -0.25) is 0 Å². The van der Waals surface area contributed by atoms with E-state index in [1.165, 1.54) is 0 Å². The molecule has 0 aromatic carbocycles. The largest absolute Gasteiger partial charge is 0.229 e. The number of rotatable bonds is 0. The normalized spacial score (nSPS) is 34.0. The molecule has 0 bridgehead atoms. The molecule has 1 fully saturated rings. The fraction of sp³-hybridized carbons (Fsp3) is 0. The predicted molar refractivity (Wildman–Crippen MR) is 94.4 cm³/mol. The summed E-state index contributed by atoms with van der Waals surface area (Å²) in [7, 11) is 0. The Hall–Kier alpha value is 4.71. The molecule has 0 atom stereocenters. The molecule has 0 amide bonds. The van der Waals surface area contributed by atoms with Gasteiger partial charge >= 0.3 is 0 Å². The third-order valence-electron chi connectivity index (χ3n) is 1.58. The smallest absolute Gasteiger partial charge is 0.114 e. The Bertz CT molecular complexity index is 151. The molecular weight excluding hydrogens is 752 g/mol. The van der Waals surface area contributed by atoms with Gasteiger partial charge in [0.05, 0.1) is 0 Å². The second-order valence-electron chi connectivity index (χ2n) is 2.30. The minimum atomic E-state index is -1.50. The van der Waals surface area contributed by atoms with E-state index in [9.17, 15) is 0 Å². The highest BCUT2D eigenvalue weighted by molar-refractivity contribution is 9.88. The Morgan fingerprint density at radius 2 is 0.417 bits per heavy atom. The first-order valence-corrected chi connectivity index (χ1v) is 32.6. The number of hydrogen-bond donors (Lipinski definition) is 0. The average Bonchev–Trinajstić information content (AvgIpc) is 1.84. The Morgan fingerprint density at radius 3 is 0.500 bits per heavy atom. The fourth-order valence-electron chi connectivity index (χ4n) is 0.726. The maximum Gasteiger partial charge on any atom is 0.229 e. The van der Waals surface area contributed by atoms with E-state index in [1.807, 2.05) is 0 Å². The Kier molecular flexibility index (Phi) is 5.07. The zero-order valence-electron chi connectivity index (χ0n) is 5.02. The molecule has 12 heavy (non-hydrogen) atoms. The van der Waals surface area contributed by atoms with Gasteiger partial charge < -0.3 is 0 Å². The van der Waals surface area contributed by atoms with E-state index in [1.54, 1.807) is 0 Å². The van der Waals surface area contributed by atoms with Crippen LogP contribution >= 0.6 is 122 Å². The van der Waals surface area contributed by atoms with Crippen molar-refractivity contribution < 1.29 is 0 Å². The first kappa shape index (κ1) is 14.8. The van der Waals surface area contributed by atoms with Gasteiger partial charge in [0.1, 0.15) is 0 Å². The summed E-state index contributed by atoms with van der Waals surface area (Å²) >= 11 is 30.8. The van der Waals surface area contributed by atoms with Crippen LogP contribution in [0.4, 0.5) is 0 Å². The van der Waals surface area contributed by atoms with Crippen molar-refractivity contribution >= 4 is 140 Å². The maximum absolute atomic E-state index is 3.85. The molecular formula is Br8Si4. The minimum Gasteiger partial charge on any atom is -0.114 e. The predicted octanol–water partition coefficient (Wildman–Crippen LogP) is 5.24. The SMILES string of the molecule is Br[Si]1(Br)[Si](Br)(Br)[Si](Br)(Br)[Si]1(Br)Br. The van der Waals surface area contributed by atoms with Crippen molar-refractivity contribution in [1.29, 1.82) is 0 Å². The van der Waals surface area contributed by atoms with Gasteiger partial charge in [-0.1, -0.05) is 0 Å². The van der Waals surface area contributed by atoms with Crippen LogP contribution in [0.5, 0.6) is 0 Å². The molecule has 0 radical (unpaired) electrons. The molecule has 0 aromatic rings. The third-order valence-corrected chi connectivity index (χ3v) is 265. The summed E-state index contributed by atoms with van der Waals surface area (Å²) in [4.78, 5) is 0. The van der Waals surface area contributed by atoms with Crippen molar-refractivity contribution in [2.24, 2.45) is 0 Å². The first-order valence-electron chi connectivity index (χ1n) is 2.51. The quantitative estimate of drug-likeness (QED) is 0.235. The van der Waals surface area contributed by atoms with Crippen LogP contribution in [0, 0.1) is 0 Å². The topological polar surface area (TPSA) is 0 Å². The van der Waals surface area contributed by atoms with E-state index in [-0.39, 0.29) is 0 Å². The number of halogens is 8. The van der Waals surface area contributed by atoms with E-state index < -0.39 is 17.4 Å². The van der Waals surface area contributed by atoms with Gasteiger partial charge in [0.25, 0.3) is 0 Å². The summed E-state index contributed by atoms with van der Waals surface area (Å²) in [5.41, 5.74) is 0. The number of hydrogen-bond acceptors (Lipinski definition) is 0. The molecule has 12 heteroatoms. The van der Waals surface area contributed by atoms with E-state index in [0.717, 1.165) is 0 Å². The minimum absolute atomic E-state index is 1.50. The maximum atomic E-state index is 3.85. The molecule has 72 valence electrons. The van der Waals surface area contributed by atoms with Crippen molar-refractivity contribution in [3.63, 3.8) is 0 Å². The lowest BCUT2D eigenvalue weighted by molar-refractivity contribution is 3.39. The zero-order chi connectivity index (χ0) is 10.0. The fourth-order valence-corrected chi connectivity index (χ4v) is 372. The van der Waals surface area contributed by atoms with Crippen LogP contribution < -0.4 is 0 Å². The Morgan fingerprint density at radius 1 is 0.333 bits per heavy atom. The van der Waals surface area contributed by atoms with Crippen LogP contribution in [0.2, 0.25) is 0 Å². The standard InChI is InChI=1S/Br8Si4/c1-9(2)10(3,4)12(7,8)11(9,5)6. The summed E-state index contributed by atoms with van der Waals surface area (Å²) < 4.78 is -6.02. The van der Waals surface area contributed by atoms with E-state index in [4.69, 9.17) is 0 Å². The van der Waals surface area contributed by atoms with Gasteiger partial charge in [-0.05, 0) is 0 Å².